The number of rotatable bonds is 5. The molecule has 1 amide bonds. The summed E-state index contributed by atoms with van der Waals surface area (Å²) in [6.07, 6.45) is 0. The summed E-state index contributed by atoms with van der Waals surface area (Å²) >= 11 is 0. The molecule has 19 heavy (non-hydrogen) atoms. The van der Waals surface area contributed by atoms with E-state index in [4.69, 9.17) is 19.5 Å². The third-order valence-corrected chi connectivity index (χ3v) is 2.59. The Hall–Kier alpha value is -2.42. The van der Waals surface area contributed by atoms with Crippen LogP contribution in [0, 0.1) is 11.3 Å². The molecular weight excluding hydrogens is 248 g/mol. The average Bonchev–Trinajstić information content (AvgIpc) is 2.45. The molecule has 0 unspecified atom stereocenters. The van der Waals surface area contributed by atoms with Crippen molar-refractivity contribution in [1.82, 2.24) is 4.90 Å². The number of nitrogens with zero attached hydrogens (tertiary/aromatic N) is 2. The van der Waals surface area contributed by atoms with Gasteiger partial charge in [-0.3, -0.25) is 4.79 Å². The van der Waals surface area contributed by atoms with E-state index < -0.39 is 0 Å². The summed E-state index contributed by atoms with van der Waals surface area (Å²) in [7, 11) is 5.99. The van der Waals surface area contributed by atoms with Crippen molar-refractivity contribution in [3.63, 3.8) is 0 Å². The van der Waals surface area contributed by atoms with Crippen molar-refractivity contribution in [2.75, 3.05) is 34.9 Å². The fourth-order valence-electron chi connectivity index (χ4n) is 1.58. The number of amides is 1. The highest BCUT2D eigenvalue weighted by atomic mass is 16.5. The van der Waals surface area contributed by atoms with E-state index in [-0.39, 0.29) is 12.5 Å². The molecule has 1 rings (SSSR count). The van der Waals surface area contributed by atoms with Crippen LogP contribution in [0.25, 0.3) is 0 Å². The summed E-state index contributed by atoms with van der Waals surface area (Å²) in [5.74, 6) is 0.947. The predicted molar refractivity (Wildman–Crippen MR) is 68.7 cm³/mol. The van der Waals surface area contributed by atoms with Crippen molar-refractivity contribution >= 4 is 5.91 Å². The molecule has 0 N–H and O–H groups in total. The van der Waals surface area contributed by atoms with Gasteiger partial charge in [-0.2, -0.15) is 5.26 Å². The number of carbonyl (C=O) groups is 1. The minimum Gasteiger partial charge on any atom is -0.496 e. The van der Waals surface area contributed by atoms with Gasteiger partial charge in [0.2, 0.25) is 0 Å². The summed E-state index contributed by atoms with van der Waals surface area (Å²) in [5.41, 5.74) is 0.318. The minimum absolute atomic E-state index is 0.00364. The van der Waals surface area contributed by atoms with Crippen LogP contribution in [0.2, 0.25) is 0 Å². The maximum absolute atomic E-state index is 12.2. The first-order chi connectivity index (χ1) is 9.08. The van der Waals surface area contributed by atoms with E-state index in [9.17, 15) is 4.79 Å². The van der Waals surface area contributed by atoms with Crippen LogP contribution in [0.1, 0.15) is 10.4 Å². The van der Waals surface area contributed by atoms with Crippen LogP contribution >= 0.6 is 0 Å². The van der Waals surface area contributed by atoms with Crippen molar-refractivity contribution in [2.24, 2.45) is 0 Å². The number of hydrogen-bond acceptors (Lipinski definition) is 5. The molecular formula is C13H16N2O4. The van der Waals surface area contributed by atoms with Gasteiger partial charge in [0.1, 0.15) is 12.3 Å². The molecule has 0 saturated heterocycles. The molecule has 0 saturated carbocycles. The van der Waals surface area contributed by atoms with Crippen molar-refractivity contribution in [2.45, 2.75) is 0 Å². The Morgan fingerprint density at radius 1 is 1.16 bits per heavy atom. The van der Waals surface area contributed by atoms with Crippen LogP contribution in [-0.4, -0.2) is 45.7 Å². The van der Waals surface area contributed by atoms with Crippen LogP contribution in [0.3, 0.4) is 0 Å². The van der Waals surface area contributed by atoms with Gasteiger partial charge in [-0.25, -0.2) is 0 Å². The van der Waals surface area contributed by atoms with Crippen LogP contribution in [0.15, 0.2) is 12.1 Å². The van der Waals surface area contributed by atoms with Gasteiger partial charge in [-0.15, -0.1) is 0 Å². The van der Waals surface area contributed by atoms with E-state index in [1.807, 2.05) is 6.07 Å². The highest BCUT2D eigenvalue weighted by molar-refractivity contribution is 5.97. The van der Waals surface area contributed by atoms with Crippen molar-refractivity contribution in [1.29, 1.82) is 5.26 Å². The molecule has 0 radical (unpaired) electrons. The quantitative estimate of drug-likeness (QED) is 0.750. The zero-order chi connectivity index (χ0) is 14.4. The number of nitriles is 1. The number of carbonyl (C=O) groups excluding carboxylic acids is 1. The number of ether oxygens (including phenoxy) is 3. The van der Waals surface area contributed by atoms with Gasteiger partial charge >= 0.3 is 0 Å². The van der Waals surface area contributed by atoms with Crippen molar-refractivity contribution < 1.29 is 19.0 Å². The largest absolute Gasteiger partial charge is 0.496 e. The van der Waals surface area contributed by atoms with Crippen LogP contribution in [0.5, 0.6) is 17.2 Å². The fourth-order valence-corrected chi connectivity index (χ4v) is 1.58. The summed E-state index contributed by atoms with van der Waals surface area (Å²) < 4.78 is 15.5. The second kappa shape index (κ2) is 6.50. The lowest BCUT2D eigenvalue weighted by Gasteiger charge is -2.17. The molecule has 0 aliphatic rings. The highest BCUT2D eigenvalue weighted by Crippen LogP contribution is 2.35. The standard InChI is InChI=1S/C13H16N2O4/c1-15(6-5-14)13(16)9-7-11(18-3)12(19-4)8-10(9)17-2/h7-8H,6H2,1-4H3. The third kappa shape index (κ3) is 3.07. The summed E-state index contributed by atoms with van der Waals surface area (Å²) in [6.45, 7) is -0.00364. The molecule has 0 aliphatic heterocycles. The number of hydrogen-bond donors (Lipinski definition) is 0. The Kier molecular flexibility index (Phi) is 5.01. The molecule has 6 heteroatoms. The minimum atomic E-state index is -0.320. The Morgan fingerprint density at radius 2 is 1.68 bits per heavy atom. The summed E-state index contributed by atoms with van der Waals surface area (Å²) in [6, 6.07) is 5.03. The van der Waals surface area contributed by atoms with E-state index in [1.165, 1.54) is 32.3 Å². The first kappa shape index (κ1) is 14.6. The van der Waals surface area contributed by atoms with Gasteiger partial charge in [0.15, 0.2) is 11.5 Å². The Bertz CT molecular complexity index is 508. The smallest absolute Gasteiger partial charge is 0.258 e. The van der Waals surface area contributed by atoms with Crippen LogP contribution in [0.4, 0.5) is 0 Å². The van der Waals surface area contributed by atoms with Gasteiger partial charge in [0, 0.05) is 19.2 Å². The summed E-state index contributed by atoms with van der Waals surface area (Å²) in [4.78, 5) is 13.5. The number of methoxy groups -OCH3 is 3. The molecule has 0 heterocycles. The van der Waals surface area contributed by atoms with Crippen LogP contribution in [-0.2, 0) is 0 Å². The Balaban J connectivity index is 3.26. The van der Waals surface area contributed by atoms with E-state index in [0.29, 0.717) is 22.8 Å². The third-order valence-electron chi connectivity index (χ3n) is 2.59. The number of benzene rings is 1. The SMILES string of the molecule is COc1cc(OC)c(C(=O)N(C)CC#N)cc1OC. The molecule has 0 aliphatic carbocycles. The molecule has 0 aromatic heterocycles. The van der Waals surface area contributed by atoms with E-state index >= 15 is 0 Å². The molecule has 0 atom stereocenters. The topological polar surface area (TPSA) is 71.8 Å². The average molecular weight is 264 g/mol. The molecule has 1 aromatic carbocycles. The van der Waals surface area contributed by atoms with E-state index in [0.717, 1.165) is 0 Å². The van der Waals surface area contributed by atoms with Gasteiger partial charge in [0.05, 0.1) is 33.0 Å². The lowest BCUT2D eigenvalue weighted by molar-refractivity contribution is 0.0808. The Labute approximate surface area is 112 Å². The summed E-state index contributed by atoms with van der Waals surface area (Å²) in [5, 5.41) is 8.62. The highest BCUT2D eigenvalue weighted by Gasteiger charge is 2.20. The second-order valence-electron chi connectivity index (χ2n) is 3.73. The Morgan fingerprint density at radius 3 is 2.16 bits per heavy atom. The predicted octanol–water partition coefficient (Wildman–Crippen LogP) is 1.31. The molecule has 6 nitrogen and oxygen atoms in total. The van der Waals surface area contributed by atoms with Crippen molar-refractivity contribution in [3.05, 3.63) is 17.7 Å². The lowest BCUT2D eigenvalue weighted by Crippen LogP contribution is -2.27. The van der Waals surface area contributed by atoms with Gasteiger partial charge in [0.25, 0.3) is 5.91 Å². The zero-order valence-electron chi connectivity index (χ0n) is 11.4. The van der Waals surface area contributed by atoms with Crippen LogP contribution < -0.4 is 14.2 Å². The first-order valence-electron chi connectivity index (χ1n) is 5.51. The van der Waals surface area contributed by atoms with Crippen molar-refractivity contribution in [3.8, 4) is 23.3 Å². The molecule has 0 spiro atoms. The second-order valence-corrected chi connectivity index (χ2v) is 3.73. The maximum atomic E-state index is 12.2. The first-order valence-corrected chi connectivity index (χ1v) is 5.51. The maximum Gasteiger partial charge on any atom is 0.258 e. The molecule has 1 aromatic rings. The molecule has 0 fully saturated rings. The van der Waals surface area contributed by atoms with Gasteiger partial charge in [-0.05, 0) is 0 Å². The molecule has 0 bridgehead atoms. The van der Waals surface area contributed by atoms with Gasteiger partial charge in [-0.1, -0.05) is 0 Å². The normalized spacial score (nSPS) is 9.42. The lowest BCUT2D eigenvalue weighted by atomic mass is 10.1. The van der Waals surface area contributed by atoms with Gasteiger partial charge < -0.3 is 19.1 Å². The fraction of sp³-hybridized carbons (Fsp3) is 0.385. The van der Waals surface area contributed by atoms with E-state index in [1.54, 1.807) is 13.1 Å². The monoisotopic (exact) mass is 264 g/mol. The molecule has 102 valence electrons. The van der Waals surface area contributed by atoms with E-state index in [2.05, 4.69) is 0 Å². The zero-order valence-corrected chi connectivity index (χ0v) is 11.4.